The van der Waals surface area contributed by atoms with Gasteiger partial charge in [0, 0.05) is 0 Å². The highest BCUT2D eigenvalue weighted by molar-refractivity contribution is 5.18. The van der Waals surface area contributed by atoms with Crippen LogP contribution in [0.1, 0.15) is 33.1 Å². The van der Waals surface area contributed by atoms with Crippen molar-refractivity contribution in [2.45, 2.75) is 50.9 Å². The molecule has 2 fully saturated rings. The van der Waals surface area contributed by atoms with Crippen LogP contribution in [0, 0.1) is 0 Å². The smallest absolute Gasteiger partial charge is 0.124 e. The number of ether oxygens (including phenoxy) is 1. The van der Waals surface area contributed by atoms with Gasteiger partial charge in [0.15, 0.2) is 0 Å². The van der Waals surface area contributed by atoms with E-state index in [4.69, 9.17) is 4.74 Å². The topological polar surface area (TPSA) is 32.8 Å². The molecule has 12 heavy (non-hydrogen) atoms. The number of rotatable bonds is 2. The lowest BCUT2D eigenvalue weighted by Crippen LogP contribution is -2.27. The van der Waals surface area contributed by atoms with Crippen LogP contribution in [-0.2, 0) is 4.74 Å². The molecule has 1 unspecified atom stereocenters. The molecule has 0 radical (unpaired) electrons. The van der Waals surface area contributed by atoms with Crippen LogP contribution in [0.4, 0.5) is 0 Å². The van der Waals surface area contributed by atoms with Gasteiger partial charge in [-0.3, -0.25) is 0 Å². The van der Waals surface area contributed by atoms with Crippen LogP contribution in [0.15, 0.2) is 11.6 Å². The van der Waals surface area contributed by atoms with Crippen LogP contribution < -0.4 is 0 Å². The van der Waals surface area contributed by atoms with Crippen LogP contribution in [0.25, 0.3) is 0 Å². The average Bonchev–Trinajstić information content (AvgIpc) is 2.55. The quantitative estimate of drug-likeness (QED) is 0.502. The van der Waals surface area contributed by atoms with Crippen LogP contribution in [0.5, 0.6) is 0 Å². The van der Waals surface area contributed by atoms with Crippen molar-refractivity contribution in [2.75, 3.05) is 0 Å². The minimum atomic E-state index is -0.380. The summed E-state index contributed by atoms with van der Waals surface area (Å²) in [5, 5.41) is 9.82. The summed E-state index contributed by atoms with van der Waals surface area (Å²) in [7, 11) is 0. The molecule has 2 nitrogen and oxygen atoms in total. The zero-order chi connectivity index (χ0) is 8.77. The summed E-state index contributed by atoms with van der Waals surface area (Å²) < 4.78 is 5.51. The highest BCUT2D eigenvalue weighted by atomic mass is 16.6. The van der Waals surface area contributed by atoms with Crippen LogP contribution in [0.2, 0.25) is 0 Å². The Morgan fingerprint density at radius 3 is 2.83 bits per heavy atom. The number of aliphatic hydroxyl groups excluding tert-OH is 1. The Kier molecular flexibility index (Phi) is 1.77. The van der Waals surface area contributed by atoms with E-state index < -0.39 is 0 Å². The molecule has 1 saturated carbocycles. The van der Waals surface area contributed by atoms with E-state index >= 15 is 0 Å². The van der Waals surface area contributed by atoms with Gasteiger partial charge in [-0.15, -0.1) is 0 Å². The Balaban J connectivity index is 2.05. The lowest BCUT2D eigenvalue weighted by molar-refractivity contribution is 0.102. The number of allylic oxidation sites excluding steroid dienone is 1. The number of epoxide rings is 1. The summed E-state index contributed by atoms with van der Waals surface area (Å²) in [6.45, 7) is 4.01. The minimum Gasteiger partial charge on any atom is -0.386 e. The first-order chi connectivity index (χ1) is 5.65. The first kappa shape index (κ1) is 8.27. The van der Waals surface area contributed by atoms with Gasteiger partial charge in [0.05, 0.1) is 6.10 Å². The molecule has 68 valence electrons. The maximum Gasteiger partial charge on any atom is 0.124 e. The third kappa shape index (κ3) is 1.10. The maximum atomic E-state index is 9.82. The van der Waals surface area contributed by atoms with Crippen molar-refractivity contribution in [3.8, 4) is 0 Å². The second-order valence-electron chi connectivity index (χ2n) is 4.14. The van der Waals surface area contributed by atoms with Crippen molar-refractivity contribution in [1.29, 1.82) is 0 Å². The summed E-state index contributed by atoms with van der Waals surface area (Å²) in [5.74, 6) is 0. The molecular formula is C10H16O2. The van der Waals surface area contributed by atoms with Gasteiger partial charge in [-0.2, -0.15) is 0 Å². The normalized spacial score (nSPS) is 40.4. The fourth-order valence-electron chi connectivity index (χ4n) is 2.18. The molecule has 0 aromatic rings. The van der Waals surface area contributed by atoms with E-state index in [1.54, 1.807) is 0 Å². The van der Waals surface area contributed by atoms with Gasteiger partial charge in [-0.25, -0.2) is 0 Å². The van der Waals surface area contributed by atoms with Gasteiger partial charge in [0.1, 0.15) is 11.7 Å². The lowest BCUT2D eigenvalue weighted by Gasteiger charge is -2.13. The Morgan fingerprint density at radius 1 is 1.67 bits per heavy atom. The second-order valence-corrected chi connectivity index (χ2v) is 4.14. The molecule has 3 atom stereocenters. The molecule has 0 amide bonds. The SMILES string of the molecule is CC(C)=C[C@H](O)[C@@]12CCCC1O2. The summed E-state index contributed by atoms with van der Waals surface area (Å²) in [6.07, 6.45) is 5.25. The molecule has 1 N–H and O–H groups in total. The van der Waals surface area contributed by atoms with E-state index in [2.05, 4.69) is 0 Å². The standard InChI is InChI=1S/C10H16O2/c1-7(2)6-8(11)10-5-3-4-9(10)12-10/h6,8-9,11H,3-5H2,1-2H3/t8-,9?,10-/m0/s1. The zero-order valence-corrected chi connectivity index (χ0v) is 7.71. The monoisotopic (exact) mass is 168 g/mol. The maximum absolute atomic E-state index is 9.82. The van der Waals surface area contributed by atoms with E-state index in [0.29, 0.717) is 6.10 Å². The van der Waals surface area contributed by atoms with Crippen molar-refractivity contribution in [2.24, 2.45) is 0 Å². The number of hydrogen-bond acceptors (Lipinski definition) is 2. The van der Waals surface area contributed by atoms with Crippen LogP contribution in [0.3, 0.4) is 0 Å². The van der Waals surface area contributed by atoms with E-state index in [9.17, 15) is 5.11 Å². The van der Waals surface area contributed by atoms with Gasteiger partial charge in [-0.05, 0) is 33.1 Å². The predicted molar refractivity (Wildman–Crippen MR) is 46.9 cm³/mol. The third-order valence-electron chi connectivity index (χ3n) is 2.88. The Morgan fingerprint density at radius 2 is 2.42 bits per heavy atom. The molecule has 1 aliphatic heterocycles. The molecule has 0 spiro atoms. The summed E-state index contributed by atoms with van der Waals surface area (Å²) >= 11 is 0. The van der Waals surface area contributed by atoms with Crippen LogP contribution in [-0.4, -0.2) is 22.9 Å². The first-order valence-electron chi connectivity index (χ1n) is 4.66. The predicted octanol–water partition coefficient (Wildman–Crippen LogP) is 1.64. The van der Waals surface area contributed by atoms with E-state index in [1.807, 2.05) is 19.9 Å². The molecular weight excluding hydrogens is 152 g/mol. The molecule has 2 rings (SSSR count). The Hall–Kier alpha value is -0.340. The first-order valence-corrected chi connectivity index (χ1v) is 4.66. The van der Waals surface area contributed by atoms with Crippen molar-refractivity contribution in [3.63, 3.8) is 0 Å². The van der Waals surface area contributed by atoms with Gasteiger partial charge in [-0.1, -0.05) is 11.6 Å². The number of hydrogen-bond donors (Lipinski definition) is 1. The molecule has 2 heteroatoms. The van der Waals surface area contributed by atoms with E-state index in [1.165, 1.54) is 6.42 Å². The second kappa shape index (κ2) is 2.57. The average molecular weight is 168 g/mol. The largest absolute Gasteiger partial charge is 0.386 e. The highest BCUT2D eigenvalue weighted by Gasteiger charge is 2.62. The van der Waals surface area contributed by atoms with E-state index in [-0.39, 0.29) is 11.7 Å². The van der Waals surface area contributed by atoms with Gasteiger partial charge >= 0.3 is 0 Å². The van der Waals surface area contributed by atoms with Crippen molar-refractivity contribution < 1.29 is 9.84 Å². The zero-order valence-electron chi connectivity index (χ0n) is 7.71. The highest BCUT2D eigenvalue weighted by Crippen LogP contribution is 2.52. The van der Waals surface area contributed by atoms with Gasteiger partial charge in [0.2, 0.25) is 0 Å². The van der Waals surface area contributed by atoms with Gasteiger partial charge in [0.25, 0.3) is 0 Å². The molecule has 0 aromatic carbocycles. The fraction of sp³-hybridized carbons (Fsp3) is 0.800. The Bertz CT molecular complexity index is 218. The Labute approximate surface area is 73.2 Å². The summed E-state index contributed by atoms with van der Waals surface area (Å²) in [6, 6.07) is 0. The summed E-state index contributed by atoms with van der Waals surface area (Å²) in [4.78, 5) is 0. The molecule has 1 heterocycles. The van der Waals surface area contributed by atoms with Crippen molar-refractivity contribution in [1.82, 2.24) is 0 Å². The molecule has 1 aliphatic carbocycles. The molecule has 1 saturated heterocycles. The third-order valence-corrected chi connectivity index (χ3v) is 2.88. The van der Waals surface area contributed by atoms with Crippen molar-refractivity contribution >= 4 is 0 Å². The number of fused-ring (bicyclic) bond motifs is 1. The summed E-state index contributed by atoms with van der Waals surface area (Å²) in [5.41, 5.74) is 0.995. The van der Waals surface area contributed by atoms with Gasteiger partial charge < -0.3 is 9.84 Å². The van der Waals surface area contributed by atoms with Crippen molar-refractivity contribution in [3.05, 3.63) is 11.6 Å². The molecule has 0 bridgehead atoms. The molecule has 2 aliphatic rings. The van der Waals surface area contributed by atoms with E-state index in [0.717, 1.165) is 18.4 Å². The molecule has 0 aromatic heterocycles. The van der Waals surface area contributed by atoms with Crippen LogP contribution >= 0.6 is 0 Å². The number of aliphatic hydroxyl groups is 1. The minimum absolute atomic E-state index is 0.169. The fourth-order valence-corrected chi connectivity index (χ4v) is 2.18. The lowest BCUT2D eigenvalue weighted by atomic mass is 9.98.